The lowest BCUT2D eigenvalue weighted by atomic mass is 10.0. The van der Waals surface area contributed by atoms with Gasteiger partial charge in [0.05, 0.1) is 12.6 Å². The number of nitrogens with one attached hydrogen (secondary N) is 1. The van der Waals surface area contributed by atoms with Crippen molar-refractivity contribution in [2.24, 2.45) is 0 Å². The van der Waals surface area contributed by atoms with E-state index >= 15 is 0 Å². The normalized spacial score (nSPS) is 23.3. The van der Waals surface area contributed by atoms with Crippen molar-refractivity contribution in [3.05, 3.63) is 35.9 Å². The molecule has 1 aliphatic rings. The van der Waals surface area contributed by atoms with Gasteiger partial charge in [-0.1, -0.05) is 30.3 Å². The minimum absolute atomic E-state index is 0.0364. The number of piperidine rings is 1. The molecule has 1 aliphatic heterocycles. The summed E-state index contributed by atoms with van der Waals surface area (Å²) in [5, 5.41) is 12.2. The van der Waals surface area contributed by atoms with E-state index in [1.54, 1.807) is 32.9 Å². The second-order valence-corrected chi connectivity index (χ2v) is 7.21. The first-order valence-corrected chi connectivity index (χ1v) is 8.43. The maximum Gasteiger partial charge on any atom is 0.410 e. The predicted molar refractivity (Wildman–Crippen MR) is 92.3 cm³/mol. The van der Waals surface area contributed by atoms with Crippen LogP contribution in [0.4, 0.5) is 14.0 Å². The molecule has 1 aromatic rings. The van der Waals surface area contributed by atoms with Crippen LogP contribution < -0.4 is 5.32 Å². The van der Waals surface area contributed by atoms with Crippen LogP contribution in [0.3, 0.4) is 0 Å². The van der Waals surface area contributed by atoms with E-state index in [1.807, 2.05) is 18.2 Å². The number of likely N-dealkylation sites (tertiary alicyclic amines) is 1. The maximum absolute atomic E-state index is 14.2. The Hall–Kier alpha value is -2.35. The highest BCUT2D eigenvalue weighted by atomic mass is 19.1. The second kappa shape index (κ2) is 8.35. The summed E-state index contributed by atoms with van der Waals surface area (Å²) in [5.74, 6) is 0. The van der Waals surface area contributed by atoms with Gasteiger partial charge in [-0.25, -0.2) is 14.0 Å². The predicted octanol–water partition coefficient (Wildman–Crippen LogP) is 2.23. The molecule has 7 nitrogen and oxygen atoms in total. The molecule has 2 rings (SSSR count). The van der Waals surface area contributed by atoms with E-state index in [1.165, 1.54) is 4.90 Å². The number of aliphatic hydroxyl groups is 1. The van der Waals surface area contributed by atoms with Gasteiger partial charge in [-0.15, -0.1) is 0 Å². The Morgan fingerprint density at radius 1 is 1.27 bits per heavy atom. The monoisotopic (exact) mass is 368 g/mol. The quantitative estimate of drug-likeness (QED) is 0.854. The van der Waals surface area contributed by atoms with Crippen molar-refractivity contribution in [2.75, 3.05) is 13.1 Å². The number of halogens is 1. The molecule has 1 heterocycles. The van der Waals surface area contributed by atoms with Gasteiger partial charge < -0.3 is 24.8 Å². The third-order valence-corrected chi connectivity index (χ3v) is 3.74. The zero-order valence-electron chi connectivity index (χ0n) is 15.1. The maximum atomic E-state index is 14.2. The lowest BCUT2D eigenvalue weighted by molar-refractivity contribution is -0.0334. The minimum Gasteiger partial charge on any atom is -0.445 e. The van der Waals surface area contributed by atoms with Crippen LogP contribution in [0.2, 0.25) is 0 Å². The summed E-state index contributed by atoms with van der Waals surface area (Å²) in [5.41, 5.74) is 0.0742. The van der Waals surface area contributed by atoms with Crippen LogP contribution in [-0.2, 0) is 16.1 Å². The zero-order chi connectivity index (χ0) is 19.3. The van der Waals surface area contributed by atoms with Gasteiger partial charge in [0.15, 0.2) is 0 Å². The Labute approximate surface area is 152 Å². The summed E-state index contributed by atoms with van der Waals surface area (Å²) in [6.07, 6.45) is -4.62. The number of ether oxygens (including phenoxy) is 2. The summed E-state index contributed by atoms with van der Waals surface area (Å²) < 4.78 is 24.5. The van der Waals surface area contributed by atoms with Crippen molar-refractivity contribution in [2.45, 2.75) is 51.3 Å². The number of hydrogen-bond donors (Lipinski definition) is 2. The lowest BCUT2D eigenvalue weighted by Gasteiger charge is -2.38. The molecule has 26 heavy (non-hydrogen) atoms. The fourth-order valence-corrected chi connectivity index (χ4v) is 2.52. The van der Waals surface area contributed by atoms with Crippen molar-refractivity contribution in [1.29, 1.82) is 0 Å². The standard InChI is InChI=1S/C18H25FN2O5/c1-18(2,3)26-17(24)21-9-13(15(19)14(22)10-21)20-16(23)25-11-12-7-5-4-6-8-12/h4-8,13-15,22H,9-11H2,1-3H3,(H,20,23). The van der Waals surface area contributed by atoms with Gasteiger partial charge in [-0.05, 0) is 26.3 Å². The van der Waals surface area contributed by atoms with E-state index < -0.39 is 36.1 Å². The Bertz CT molecular complexity index is 620. The van der Waals surface area contributed by atoms with Gasteiger partial charge in [0.2, 0.25) is 0 Å². The first kappa shape index (κ1) is 20.0. The largest absolute Gasteiger partial charge is 0.445 e. The summed E-state index contributed by atoms with van der Waals surface area (Å²) >= 11 is 0. The highest BCUT2D eigenvalue weighted by molar-refractivity contribution is 5.70. The van der Waals surface area contributed by atoms with Gasteiger partial charge in [0.25, 0.3) is 0 Å². The molecule has 144 valence electrons. The molecule has 8 heteroatoms. The van der Waals surface area contributed by atoms with E-state index in [4.69, 9.17) is 9.47 Å². The number of amides is 2. The molecule has 3 atom stereocenters. The van der Waals surface area contributed by atoms with Gasteiger partial charge in [-0.3, -0.25) is 0 Å². The third kappa shape index (κ3) is 5.87. The summed E-state index contributed by atoms with van der Waals surface area (Å²) in [4.78, 5) is 25.2. The van der Waals surface area contributed by atoms with Crippen LogP contribution in [0, 0.1) is 0 Å². The van der Waals surface area contributed by atoms with Gasteiger partial charge in [0.1, 0.15) is 24.5 Å². The van der Waals surface area contributed by atoms with Crippen LogP contribution in [-0.4, -0.2) is 59.2 Å². The molecule has 1 fully saturated rings. The summed E-state index contributed by atoms with van der Waals surface area (Å²) in [6.45, 7) is 4.84. The Kier molecular flexibility index (Phi) is 6.42. The number of carbonyl (C=O) groups is 2. The number of rotatable bonds is 3. The molecular formula is C18H25FN2O5. The fourth-order valence-electron chi connectivity index (χ4n) is 2.52. The smallest absolute Gasteiger partial charge is 0.410 e. The first-order valence-electron chi connectivity index (χ1n) is 8.43. The SMILES string of the molecule is CC(C)(C)OC(=O)N1CC(O)C(F)C(NC(=O)OCc2ccccc2)C1. The minimum atomic E-state index is -1.71. The van der Waals surface area contributed by atoms with E-state index in [0.717, 1.165) is 5.56 Å². The molecule has 3 unspecified atom stereocenters. The fraction of sp³-hybridized carbons (Fsp3) is 0.556. The molecule has 0 spiro atoms. The third-order valence-electron chi connectivity index (χ3n) is 3.74. The molecule has 0 aromatic heterocycles. The second-order valence-electron chi connectivity index (χ2n) is 7.21. The molecule has 1 aromatic carbocycles. The molecule has 0 aliphatic carbocycles. The number of carbonyl (C=O) groups excluding carboxylic acids is 2. The molecule has 0 bridgehead atoms. The van der Waals surface area contributed by atoms with Crippen LogP contribution in [0.1, 0.15) is 26.3 Å². The molecule has 2 N–H and O–H groups in total. The number of aliphatic hydroxyl groups excluding tert-OH is 1. The van der Waals surface area contributed by atoms with Gasteiger partial charge >= 0.3 is 12.2 Å². The number of nitrogens with zero attached hydrogens (tertiary/aromatic N) is 1. The molecular weight excluding hydrogens is 343 g/mol. The van der Waals surface area contributed by atoms with Crippen molar-refractivity contribution in [1.82, 2.24) is 10.2 Å². The average molecular weight is 368 g/mol. The van der Waals surface area contributed by atoms with Gasteiger partial charge in [-0.2, -0.15) is 0 Å². The van der Waals surface area contributed by atoms with E-state index in [9.17, 15) is 19.1 Å². The lowest BCUT2D eigenvalue weighted by Crippen LogP contribution is -2.61. The van der Waals surface area contributed by atoms with E-state index in [0.29, 0.717) is 0 Å². The van der Waals surface area contributed by atoms with Crippen LogP contribution in [0.5, 0.6) is 0 Å². The van der Waals surface area contributed by atoms with Crippen molar-refractivity contribution in [3.8, 4) is 0 Å². The number of benzene rings is 1. The average Bonchev–Trinajstić information content (AvgIpc) is 2.56. The summed E-state index contributed by atoms with van der Waals surface area (Å²) in [6, 6.07) is 7.95. The first-order chi connectivity index (χ1) is 12.2. The molecule has 2 amide bonds. The Morgan fingerprint density at radius 3 is 2.54 bits per heavy atom. The summed E-state index contributed by atoms with van der Waals surface area (Å²) in [7, 11) is 0. The molecule has 0 radical (unpaired) electrons. The van der Waals surface area contributed by atoms with Crippen molar-refractivity contribution < 1.29 is 28.6 Å². The van der Waals surface area contributed by atoms with Crippen LogP contribution in [0.25, 0.3) is 0 Å². The van der Waals surface area contributed by atoms with Crippen LogP contribution in [0.15, 0.2) is 30.3 Å². The Morgan fingerprint density at radius 2 is 1.92 bits per heavy atom. The highest BCUT2D eigenvalue weighted by Gasteiger charge is 2.40. The number of hydrogen-bond acceptors (Lipinski definition) is 5. The molecule has 1 saturated heterocycles. The zero-order valence-corrected chi connectivity index (χ0v) is 15.1. The molecule has 0 saturated carbocycles. The van der Waals surface area contributed by atoms with E-state index in [-0.39, 0.29) is 19.7 Å². The van der Waals surface area contributed by atoms with E-state index in [2.05, 4.69) is 5.32 Å². The van der Waals surface area contributed by atoms with Gasteiger partial charge in [0, 0.05) is 6.54 Å². The topological polar surface area (TPSA) is 88.1 Å². The number of alkyl halides is 1. The van der Waals surface area contributed by atoms with Crippen LogP contribution >= 0.6 is 0 Å². The highest BCUT2D eigenvalue weighted by Crippen LogP contribution is 2.18. The van der Waals surface area contributed by atoms with Crippen molar-refractivity contribution in [3.63, 3.8) is 0 Å². The van der Waals surface area contributed by atoms with Crippen molar-refractivity contribution >= 4 is 12.2 Å². The number of β-amino-alcohol motifs (C(OH)–C–C–N with tert-alkyl or cyclic N) is 1. The Balaban J connectivity index is 1.91. The number of alkyl carbamates (subject to hydrolysis) is 1.